The average Bonchev–Trinajstić information content (AvgIpc) is 3.98. The van der Waals surface area contributed by atoms with Crippen LogP contribution in [-0.2, 0) is 33.5 Å². The Hall–Kier alpha value is -4.66. The summed E-state index contributed by atoms with van der Waals surface area (Å²) in [6.07, 6.45) is -0.876. The third-order valence-electron chi connectivity index (χ3n) is 9.73. The molecule has 3 fully saturated rings. The Kier molecular flexibility index (Phi) is 8.51. The molecule has 1 saturated heterocycles. The molecule has 2 atom stereocenters. The van der Waals surface area contributed by atoms with E-state index in [0.717, 1.165) is 31.7 Å². The number of amides is 2. The fourth-order valence-electron chi connectivity index (χ4n) is 6.96. The van der Waals surface area contributed by atoms with Crippen molar-refractivity contribution in [1.29, 1.82) is 0 Å². The number of aliphatic imine (C=N–C) groups is 1. The molecule has 2 saturated carbocycles. The number of anilines is 1. The molecule has 0 radical (unpaired) electrons. The van der Waals surface area contributed by atoms with Crippen LogP contribution in [-0.4, -0.2) is 63.9 Å². The van der Waals surface area contributed by atoms with Crippen LogP contribution in [0.2, 0.25) is 0 Å². The lowest BCUT2D eigenvalue weighted by Crippen LogP contribution is -2.53. The maximum absolute atomic E-state index is 16.2. The number of halogens is 4. The van der Waals surface area contributed by atoms with Crippen molar-refractivity contribution in [1.82, 2.24) is 20.3 Å². The number of aryl methyl sites for hydroxylation is 1. The summed E-state index contributed by atoms with van der Waals surface area (Å²) in [5, 5.41) is 2.85. The summed E-state index contributed by atoms with van der Waals surface area (Å²) < 4.78 is 68.1. The first-order chi connectivity index (χ1) is 23.8. The number of carbonyl (C=O) groups is 2. The van der Waals surface area contributed by atoms with E-state index in [-0.39, 0.29) is 67.4 Å². The van der Waals surface area contributed by atoms with Gasteiger partial charge in [-0.3, -0.25) is 14.6 Å². The Morgan fingerprint density at radius 3 is 2.54 bits per heavy atom. The Morgan fingerprint density at radius 1 is 1.14 bits per heavy atom. The maximum atomic E-state index is 16.2. The number of nitrogens with one attached hydrogen (secondary N) is 1. The molecule has 2 aromatic heterocycles. The Morgan fingerprint density at radius 2 is 1.90 bits per heavy atom. The third-order valence-corrected chi connectivity index (χ3v) is 9.73. The van der Waals surface area contributed by atoms with E-state index in [0.29, 0.717) is 45.9 Å². The summed E-state index contributed by atoms with van der Waals surface area (Å²) in [4.78, 5) is 44.8. The van der Waals surface area contributed by atoms with Crippen molar-refractivity contribution in [2.24, 2.45) is 10.7 Å². The minimum absolute atomic E-state index is 0.0539. The van der Waals surface area contributed by atoms with Crippen molar-refractivity contribution < 1.29 is 36.6 Å². The minimum atomic E-state index is -4.59. The van der Waals surface area contributed by atoms with Crippen LogP contribution in [0.15, 0.2) is 29.3 Å². The molecule has 4 aliphatic rings. The fourth-order valence-corrected chi connectivity index (χ4v) is 6.96. The number of hydrogen-bond donors (Lipinski definition) is 2. The van der Waals surface area contributed by atoms with E-state index < -0.39 is 29.1 Å². The second-order valence-corrected chi connectivity index (χ2v) is 13.6. The summed E-state index contributed by atoms with van der Waals surface area (Å²) in [6.45, 7) is 4.03. The van der Waals surface area contributed by atoms with Gasteiger partial charge in [-0.15, -0.1) is 0 Å². The van der Waals surface area contributed by atoms with Gasteiger partial charge in [0.15, 0.2) is 0 Å². The van der Waals surface area contributed by atoms with Gasteiger partial charge in [-0.1, -0.05) is 0 Å². The number of nitrogens with zero attached hydrogens (tertiary/aromatic N) is 5. The molecule has 11 nitrogen and oxygen atoms in total. The van der Waals surface area contributed by atoms with Gasteiger partial charge in [0.2, 0.25) is 11.8 Å². The first-order valence-electron chi connectivity index (χ1n) is 16.7. The molecular formula is C35H37F4N7O4. The molecule has 4 heterocycles. The number of nitrogens with two attached hydrogens (primary N) is 1. The zero-order chi connectivity index (χ0) is 35.5. The zero-order valence-corrected chi connectivity index (χ0v) is 27.9. The molecule has 3 aromatic rings. The highest BCUT2D eigenvalue weighted by atomic mass is 19.4. The molecule has 264 valence electrons. The molecule has 3 N–H and O–H groups in total. The number of hydrogen-bond acceptors (Lipinski definition) is 9. The van der Waals surface area contributed by atoms with Crippen LogP contribution in [0.4, 0.5) is 23.2 Å². The van der Waals surface area contributed by atoms with Gasteiger partial charge < -0.3 is 25.4 Å². The van der Waals surface area contributed by atoms with E-state index in [1.165, 1.54) is 19.2 Å². The van der Waals surface area contributed by atoms with E-state index in [4.69, 9.17) is 20.2 Å². The number of amidine groups is 1. The standard InChI is InChI=1S/C35H37F4N7O4/c1-17-15-34(33(48)44-31(45-34)22-8-9-26(35(37,38)39)42-30(22)19-4-5-19)10-11-46(17)25-13-20(12-24(36)23(25)16-50-21-6-7-21)29-18(2)41-28(14-27(40)47)43-32(29)49-3/h8-9,12-13,17,19,21H,4-7,10-11,14-16H2,1-3H3,(H2,40,47)(H,44,45,48)/t17-,34+/m0/s1. The van der Waals surface area contributed by atoms with Gasteiger partial charge in [0.1, 0.15) is 28.7 Å². The summed E-state index contributed by atoms with van der Waals surface area (Å²) in [7, 11) is 1.43. The normalized spacial score (nSPS) is 22.1. The molecule has 0 unspecified atom stereocenters. The van der Waals surface area contributed by atoms with Gasteiger partial charge in [-0.25, -0.2) is 14.4 Å². The van der Waals surface area contributed by atoms with Gasteiger partial charge in [0.25, 0.3) is 5.91 Å². The Balaban J connectivity index is 1.22. The van der Waals surface area contributed by atoms with Crippen LogP contribution in [0.25, 0.3) is 11.1 Å². The molecule has 2 amide bonds. The molecule has 50 heavy (non-hydrogen) atoms. The average molecular weight is 696 g/mol. The topological polar surface area (TPSA) is 145 Å². The predicted octanol–water partition coefficient (Wildman–Crippen LogP) is 4.90. The highest BCUT2D eigenvalue weighted by Gasteiger charge is 2.49. The van der Waals surface area contributed by atoms with E-state index in [1.54, 1.807) is 6.92 Å². The van der Waals surface area contributed by atoms with Crippen LogP contribution in [0.3, 0.4) is 0 Å². The lowest BCUT2D eigenvalue weighted by Gasteiger charge is -2.43. The number of pyridine rings is 1. The minimum Gasteiger partial charge on any atom is -0.480 e. The number of benzene rings is 1. The lowest BCUT2D eigenvalue weighted by atomic mass is 9.83. The molecule has 1 spiro atoms. The number of piperidine rings is 1. The number of alkyl halides is 3. The Labute approximate surface area is 285 Å². The van der Waals surface area contributed by atoms with Gasteiger partial charge in [0, 0.05) is 41.7 Å². The van der Waals surface area contributed by atoms with Crippen molar-refractivity contribution in [2.45, 2.75) is 95.2 Å². The van der Waals surface area contributed by atoms with E-state index in [9.17, 15) is 22.8 Å². The summed E-state index contributed by atoms with van der Waals surface area (Å²) in [5.74, 6) is -0.953. The van der Waals surface area contributed by atoms with Crippen molar-refractivity contribution in [3.05, 3.63) is 64.1 Å². The second-order valence-electron chi connectivity index (χ2n) is 13.6. The first kappa shape index (κ1) is 33.8. The zero-order valence-electron chi connectivity index (χ0n) is 27.9. The van der Waals surface area contributed by atoms with Crippen molar-refractivity contribution in [2.75, 3.05) is 18.6 Å². The number of rotatable bonds is 10. The van der Waals surface area contributed by atoms with Crippen LogP contribution < -0.4 is 20.7 Å². The number of primary amides is 1. The molecule has 2 aliphatic carbocycles. The van der Waals surface area contributed by atoms with E-state index in [2.05, 4.69) is 20.3 Å². The predicted molar refractivity (Wildman–Crippen MR) is 174 cm³/mol. The van der Waals surface area contributed by atoms with Gasteiger partial charge in [-0.2, -0.15) is 18.2 Å². The van der Waals surface area contributed by atoms with Gasteiger partial charge in [-0.05, 0) is 75.8 Å². The highest BCUT2D eigenvalue weighted by molar-refractivity contribution is 6.16. The van der Waals surface area contributed by atoms with Crippen LogP contribution in [0, 0.1) is 12.7 Å². The number of carbonyl (C=O) groups excluding carboxylic acids is 2. The van der Waals surface area contributed by atoms with E-state index >= 15 is 4.39 Å². The summed E-state index contributed by atoms with van der Waals surface area (Å²) >= 11 is 0. The molecule has 15 heteroatoms. The molecule has 7 rings (SSSR count). The molecular weight excluding hydrogens is 658 g/mol. The van der Waals surface area contributed by atoms with Crippen molar-refractivity contribution in [3.63, 3.8) is 0 Å². The van der Waals surface area contributed by atoms with Crippen molar-refractivity contribution in [3.8, 4) is 17.0 Å². The lowest BCUT2D eigenvalue weighted by molar-refractivity contribution is -0.141. The molecule has 1 aromatic carbocycles. The van der Waals surface area contributed by atoms with Crippen LogP contribution >= 0.6 is 0 Å². The monoisotopic (exact) mass is 695 g/mol. The number of aromatic nitrogens is 3. The second kappa shape index (κ2) is 12.6. The smallest absolute Gasteiger partial charge is 0.433 e. The SMILES string of the molecule is COc1nc(CC(N)=O)nc(C)c1-c1cc(F)c(COC2CC2)c(N2CC[C@]3(C[C@@H]2C)N=C(c2ccc(C(F)(F)F)nc2C2CC2)NC3=O)c1. The van der Waals surface area contributed by atoms with Crippen molar-refractivity contribution >= 4 is 23.3 Å². The maximum Gasteiger partial charge on any atom is 0.433 e. The molecule has 2 aliphatic heterocycles. The third kappa shape index (κ3) is 6.50. The summed E-state index contributed by atoms with van der Waals surface area (Å²) in [5.41, 5.74) is 6.27. The summed E-state index contributed by atoms with van der Waals surface area (Å²) in [6, 6.07) is 5.19. The van der Waals surface area contributed by atoms with Crippen LogP contribution in [0.1, 0.15) is 85.4 Å². The van der Waals surface area contributed by atoms with Gasteiger partial charge in [0.05, 0.1) is 43.2 Å². The Bertz CT molecular complexity index is 1910. The highest BCUT2D eigenvalue weighted by Crippen LogP contribution is 2.45. The van der Waals surface area contributed by atoms with E-state index in [1.807, 2.05) is 17.9 Å². The number of methoxy groups -OCH3 is 1. The fraction of sp³-hybridized carbons (Fsp3) is 0.486. The number of ether oxygens (including phenoxy) is 2. The molecule has 0 bridgehead atoms. The largest absolute Gasteiger partial charge is 0.480 e. The quantitative estimate of drug-likeness (QED) is 0.285. The van der Waals surface area contributed by atoms with Crippen LogP contribution in [0.5, 0.6) is 5.88 Å². The van der Waals surface area contributed by atoms with Gasteiger partial charge >= 0.3 is 6.18 Å². The first-order valence-corrected chi connectivity index (χ1v) is 16.7.